The predicted molar refractivity (Wildman–Crippen MR) is 72.7 cm³/mol. The van der Waals surface area contributed by atoms with Crippen molar-refractivity contribution in [1.82, 2.24) is 5.32 Å². The summed E-state index contributed by atoms with van der Waals surface area (Å²) in [4.78, 5) is 22.9. The van der Waals surface area contributed by atoms with E-state index in [2.05, 4.69) is 5.32 Å². The minimum Gasteiger partial charge on any atom is -0.481 e. The van der Waals surface area contributed by atoms with Gasteiger partial charge in [-0.2, -0.15) is 0 Å². The second-order valence-corrected chi connectivity index (χ2v) is 6.08. The molecule has 0 aromatic heterocycles. The van der Waals surface area contributed by atoms with Gasteiger partial charge >= 0.3 is 5.97 Å². The summed E-state index contributed by atoms with van der Waals surface area (Å²) >= 11 is 0. The molecule has 0 heterocycles. The van der Waals surface area contributed by atoms with Crippen molar-refractivity contribution in [3.8, 4) is 0 Å². The van der Waals surface area contributed by atoms with E-state index in [-0.39, 0.29) is 11.8 Å². The van der Waals surface area contributed by atoms with Gasteiger partial charge in [0.15, 0.2) is 0 Å². The smallest absolute Gasteiger partial charge is 0.307 e. The van der Waals surface area contributed by atoms with E-state index in [1.54, 1.807) is 0 Å². The number of carbonyl (C=O) groups excluding carboxylic acids is 1. The average Bonchev–Trinajstić information content (AvgIpc) is 2.24. The zero-order valence-corrected chi connectivity index (χ0v) is 11.6. The fourth-order valence-corrected chi connectivity index (χ4v) is 3.23. The first-order valence-corrected chi connectivity index (χ1v) is 7.69. The summed E-state index contributed by atoms with van der Waals surface area (Å²) in [5, 5.41) is 11.9. The first-order valence-electron chi connectivity index (χ1n) is 7.69. The third-order valence-electron chi connectivity index (χ3n) is 4.72. The molecule has 2 N–H and O–H groups in total. The number of carboxylic acids is 1. The maximum Gasteiger partial charge on any atom is 0.307 e. The van der Waals surface area contributed by atoms with E-state index in [0.29, 0.717) is 12.3 Å². The van der Waals surface area contributed by atoms with Crippen LogP contribution in [0.25, 0.3) is 0 Å². The number of carbonyl (C=O) groups is 2. The van der Waals surface area contributed by atoms with Gasteiger partial charge in [-0.25, -0.2) is 0 Å². The van der Waals surface area contributed by atoms with E-state index in [1.807, 2.05) is 0 Å². The van der Waals surface area contributed by atoms with Gasteiger partial charge < -0.3 is 10.4 Å². The highest BCUT2D eigenvalue weighted by Crippen LogP contribution is 2.34. The van der Waals surface area contributed by atoms with Crippen molar-refractivity contribution in [2.75, 3.05) is 6.54 Å². The second-order valence-electron chi connectivity index (χ2n) is 6.08. The van der Waals surface area contributed by atoms with Crippen LogP contribution in [0.3, 0.4) is 0 Å². The summed E-state index contributed by atoms with van der Waals surface area (Å²) in [7, 11) is 0. The Morgan fingerprint density at radius 2 is 1.47 bits per heavy atom. The highest BCUT2D eigenvalue weighted by Gasteiger charge is 2.41. The summed E-state index contributed by atoms with van der Waals surface area (Å²) in [6, 6.07) is 0. The van der Waals surface area contributed by atoms with Crippen LogP contribution in [0, 0.1) is 17.8 Å². The maximum absolute atomic E-state index is 12.0. The van der Waals surface area contributed by atoms with E-state index in [4.69, 9.17) is 5.11 Å². The van der Waals surface area contributed by atoms with Crippen LogP contribution in [0.15, 0.2) is 0 Å². The molecule has 1 amide bonds. The summed E-state index contributed by atoms with van der Waals surface area (Å²) in [5.74, 6) is -1.01. The highest BCUT2D eigenvalue weighted by atomic mass is 16.4. The summed E-state index contributed by atoms with van der Waals surface area (Å²) in [6.07, 6.45) is 10.3. The summed E-state index contributed by atoms with van der Waals surface area (Å²) in [5.41, 5.74) is 0. The molecule has 2 saturated carbocycles. The quantitative estimate of drug-likeness (QED) is 0.822. The van der Waals surface area contributed by atoms with Crippen LogP contribution in [0.2, 0.25) is 0 Å². The third-order valence-corrected chi connectivity index (χ3v) is 4.72. The lowest BCUT2D eigenvalue weighted by molar-refractivity contribution is -0.152. The molecule has 19 heavy (non-hydrogen) atoms. The molecule has 0 aromatic rings. The lowest BCUT2D eigenvalue weighted by atomic mass is 9.73. The van der Waals surface area contributed by atoms with Crippen LogP contribution in [-0.2, 0) is 9.59 Å². The lowest BCUT2D eigenvalue weighted by Gasteiger charge is -2.32. The number of nitrogens with one attached hydrogen (secondary N) is 1. The zero-order valence-electron chi connectivity index (χ0n) is 11.6. The molecule has 0 radical (unpaired) electrons. The number of amides is 1. The van der Waals surface area contributed by atoms with Gasteiger partial charge in [0, 0.05) is 6.54 Å². The van der Waals surface area contributed by atoms with E-state index < -0.39 is 11.9 Å². The standard InChI is InChI=1S/C15H25NO3/c17-14(12-8-9-13(12)15(18)19)16-10-11-6-4-2-1-3-5-7-11/h11-13H,1-10H2,(H,16,17)(H,18,19). The van der Waals surface area contributed by atoms with Crippen molar-refractivity contribution in [3.05, 3.63) is 0 Å². The largest absolute Gasteiger partial charge is 0.481 e. The molecule has 2 rings (SSSR count). The van der Waals surface area contributed by atoms with Crippen LogP contribution in [0.4, 0.5) is 0 Å². The van der Waals surface area contributed by atoms with Gasteiger partial charge in [0.25, 0.3) is 0 Å². The summed E-state index contributed by atoms with van der Waals surface area (Å²) in [6.45, 7) is 0.738. The first kappa shape index (κ1) is 14.4. The Morgan fingerprint density at radius 3 is 2.00 bits per heavy atom. The Balaban J connectivity index is 1.72. The second kappa shape index (κ2) is 6.92. The molecule has 2 aliphatic carbocycles. The van der Waals surface area contributed by atoms with Crippen LogP contribution in [0.5, 0.6) is 0 Å². The molecule has 0 spiro atoms. The molecule has 108 valence electrons. The van der Waals surface area contributed by atoms with Gasteiger partial charge in [-0.1, -0.05) is 32.1 Å². The molecule has 0 saturated heterocycles. The van der Waals surface area contributed by atoms with Crippen molar-refractivity contribution in [2.45, 2.75) is 57.8 Å². The molecular weight excluding hydrogens is 242 g/mol. The normalized spacial score (nSPS) is 28.8. The van der Waals surface area contributed by atoms with Crippen LogP contribution in [-0.4, -0.2) is 23.5 Å². The van der Waals surface area contributed by atoms with Crippen LogP contribution >= 0.6 is 0 Å². The van der Waals surface area contributed by atoms with Gasteiger partial charge in [0.1, 0.15) is 0 Å². The fraction of sp³-hybridized carbons (Fsp3) is 0.867. The van der Waals surface area contributed by atoms with E-state index in [9.17, 15) is 9.59 Å². The number of hydrogen-bond donors (Lipinski definition) is 2. The van der Waals surface area contributed by atoms with Crippen molar-refractivity contribution in [2.24, 2.45) is 17.8 Å². The van der Waals surface area contributed by atoms with Crippen molar-refractivity contribution >= 4 is 11.9 Å². The molecule has 0 aromatic carbocycles. The molecule has 0 bridgehead atoms. The van der Waals surface area contributed by atoms with Gasteiger partial charge in [-0.3, -0.25) is 9.59 Å². The fourth-order valence-electron chi connectivity index (χ4n) is 3.23. The minimum atomic E-state index is -0.822. The van der Waals surface area contributed by atoms with Crippen molar-refractivity contribution in [3.63, 3.8) is 0 Å². The average molecular weight is 267 g/mol. The van der Waals surface area contributed by atoms with Crippen LogP contribution in [0.1, 0.15) is 57.8 Å². The minimum absolute atomic E-state index is 0.0410. The number of hydrogen-bond acceptors (Lipinski definition) is 2. The summed E-state index contributed by atoms with van der Waals surface area (Å²) < 4.78 is 0. The third kappa shape index (κ3) is 3.95. The van der Waals surface area contributed by atoms with Gasteiger partial charge in [-0.15, -0.1) is 0 Å². The Morgan fingerprint density at radius 1 is 0.895 bits per heavy atom. The highest BCUT2D eigenvalue weighted by molar-refractivity contribution is 5.86. The first-order chi connectivity index (χ1) is 9.18. The monoisotopic (exact) mass is 267 g/mol. The van der Waals surface area contributed by atoms with E-state index in [1.165, 1.54) is 44.9 Å². The van der Waals surface area contributed by atoms with Crippen molar-refractivity contribution < 1.29 is 14.7 Å². The molecule has 4 nitrogen and oxygen atoms in total. The molecule has 2 fully saturated rings. The molecule has 4 heteroatoms. The van der Waals surface area contributed by atoms with Gasteiger partial charge in [0.2, 0.25) is 5.91 Å². The topological polar surface area (TPSA) is 66.4 Å². The molecular formula is C15H25NO3. The van der Waals surface area contributed by atoms with E-state index in [0.717, 1.165) is 13.0 Å². The molecule has 2 atom stereocenters. The van der Waals surface area contributed by atoms with E-state index >= 15 is 0 Å². The SMILES string of the molecule is O=C(O)C1CCC1C(=O)NCC1CCCCCCC1. The lowest BCUT2D eigenvalue weighted by Crippen LogP contribution is -2.45. The molecule has 2 unspecified atom stereocenters. The van der Waals surface area contributed by atoms with Gasteiger partial charge in [0.05, 0.1) is 11.8 Å². The molecule has 0 aliphatic heterocycles. The Hall–Kier alpha value is -1.06. The van der Waals surface area contributed by atoms with Crippen molar-refractivity contribution in [1.29, 1.82) is 0 Å². The van der Waals surface area contributed by atoms with Gasteiger partial charge in [-0.05, 0) is 31.6 Å². The van der Waals surface area contributed by atoms with Crippen LogP contribution < -0.4 is 5.32 Å². The zero-order chi connectivity index (χ0) is 13.7. The number of rotatable bonds is 4. The maximum atomic E-state index is 12.0. The number of carboxylic acid groups (broad SMARTS) is 1. The Labute approximate surface area is 115 Å². The number of aliphatic carboxylic acids is 1. The predicted octanol–water partition coefficient (Wildman–Crippen LogP) is 2.57. The Kier molecular flexibility index (Phi) is 5.23. The Bertz CT molecular complexity index is 321. The molecule has 2 aliphatic rings.